The Balaban J connectivity index is 2.04. The zero-order chi connectivity index (χ0) is 17.1. The first-order chi connectivity index (χ1) is 10.9. The summed E-state index contributed by atoms with van der Waals surface area (Å²) in [5.41, 5.74) is 0.384. The van der Waals surface area contributed by atoms with Crippen LogP contribution in [0.15, 0.2) is 4.99 Å². The first-order valence-corrected chi connectivity index (χ1v) is 9.03. The van der Waals surface area contributed by atoms with Gasteiger partial charge in [0.1, 0.15) is 0 Å². The van der Waals surface area contributed by atoms with E-state index in [4.69, 9.17) is 9.47 Å². The minimum absolute atomic E-state index is 0.384. The molecule has 1 saturated heterocycles. The van der Waals surface area contributed by atoms with Crippen LogP contribution < -0.4 is 10.6 Å². The summed E-state index contributed by atoms with van der Waals surface area (Å²) in [6.45, 7) is 13.3. The van der Waals surface area contributed by atoms with Crippen LogP contribution in [-0.4, -0.2) is 52.0 Å². The van der Waals surface area contributed by atoms with Crippen molar-refractivity contribution >= 4 is 5.96 Å². The molecule has 0 radical (unpaired) electrons. The second-order valence-corrected chi connectivity index (χ2v) is 7.80. The number of hydrogen-bond acceptors (Lipinski definition) is 3. The summed E-state index contributed by atoms with van der Waals surface area (Å²) in [5.74, 6) is 1.48. The fourth-order valence-corrected chi connectivity index (χ4v) is 2.50. The third-order valence-corrected chi connectivity index (χ3v) is 4.07. The van der Waals surface area contributed by atoms with Crippen molar-refractivity contribution in [2.75, 3.05) is 40.0 Å². The van der Waals surface area contributed by atoms with Crippen LogP contribution in [0.25, 0.3) is 0 Å². The van der Waals surface area contributed by atoms with E-state index in [2.05, 4.69) is 43.3 Å². The van der Waals surface area contributed by atoms with Crippen LogP contribution in [0.3, 0.4) is 0 Å². The molecule has 0 saturated carbocycles. The highest BCUT2D eigenvalue weighted by atomic mass is 16.5. The third kappa shape index (κ3) is 10.6. The molecule has 2 unspecified atom stereocenters. The maximum absolute atomic E-state index is 5.71. The number of nitrogens with one attached hydrogen (secondary N) is 2. The van der Waals surface area contributed by atoms with Gasteiger partial charge in [-0.25, -0.2) is 0 Å². The monoisotopic (exact) mass is 327 g/mol. The van der Waals surface area contributed by atoms with Crippen molar-refractivity contribution in [2.24, 2.45) is 16.3 Å². The van der Waals surface area contributed by atoms with E-state index in [1.807, 2.05) is 7.05 Å². The Labute approximate surface area is 142 Å². The summed E-state index contributed by atoms with van der Waals surface area (Å²) in [6.07, 6.45) is 4.49. The molecule has 0 aliphatic carbocycles. The fraction of sp³-hybridized carbons (Fsp3) is 0.944. The van der Waals surface area contributed by atoms with Gasteiger partial charge >= 0.3 is 0 Å². The van der Waals surface area contributed by atoms with Crippen molar-refractivity contribution in [3.63, 3.8) is 0 Å². The molecule has 1 aliphatic rings. The largest absolute Gasteiger partial charge is 0.381 e. The maximum atomic E-state index is 5.71. The SMILES string of the molecule is CN=C(NCCCOCC1CCOC1)NC(C)CCC(C)(C)C. The lowest BCUT2D eigenvalue weighted by Crippen LogP contribution is -2.43. The van der Waals surface area contributed by atoms with Gasteiger partial charge in [0.2, 0.25) is 0 Å². The van der Waals surface area contributed by atoms with E-state index >= 15 is 0 Å². The summed E-state index contributed by atoms with van der Waals surface area (Å²) >= 11 is 0. The molecule has 0 aromatic heterocycles. The molecule has 2 N–H and O–H groups in total. The highest BCUT2D eigenvalue weighted by Gasteiger charge is 2.15. The van der Waals surface area contributed by atoms with Gasteiger partial charge in [0.25, 0.3) is 0 Å². The predicted molar refractivity (Wildman–Crippen MR) is 97.0 cm³/mol. The summed E-state index contributed by atoms with van der Waals surface area (Å²) in [4.78, 5) is 4.29. The molecule has 136 valence electrons. The number of ether oxygens (including phenoxy) is 2. The van der Waals surface area contributed by atoms with Gasteiger partial charge in [-0.1, -0.05) is 20.8 Å². The molecule has 23 heavy (non-hydrogen) atoms. The van der Waals surface area contributed by atoms with Crippen LogP contribution in [0.4, 0.5) is 0 Å². The summed E-state index contributed by atoms with van der Waals surface area (Å²) in [5, 5.41) is 6.82. The molecular formula is C18H37N3O2. The lowest BCUT2D eigenvalue weighted by atomic mass is 9.89. The molecule has 0 spiro atoms. The Morgan fingerprint density at radius 3 is 2.78 bits per heavy atom. The number of hydrogen-bond donors (Lipinski definition) is 2. The number of guanidine groups is 1. The van der Waals surface area contributed by atoms with E-state index in [0.717, 1.165) is 58.2 Å². The molecule has 1 fully saturated rings. The topological polar surface area (TPSA) is 54.9 Å². The smallest absolute Gasteiger partial charge is 0.191 e. The molecule has 1 aliphatic heterocycles. The van der Waals surface area contributed by atoms with Crippen LogP contribution in [-0.2, 0) is 9.47 Å². The molecule has 1 heterocycles. The average molecular weight is 328 g/mol. The third-order valence-electron chi connectivity index (χ3n) is 4.07. The van der Waals surface area contributed by atoms with Gasteiger partial charge in [0, 0.05) is 38.8 Å². The van der Waals surface area contributed by atoms with Crippen molar-refractivity contribution in [1.82, 2.24) is 10.6 Å². The highest BCUT2D eigenvalue weighted by molar-refractivity contribution is 5.79. The number of aliphatic imine (C=N–C) groups is 1. The van der Waals surface area contributed by atoms with Gasteiger partial charge < -0.3 is 20.1 Å². The van der Waals surface area contributed by atoms with E-state index < -0.39 is 0 Å². The van der Waals surface area contributed by atoms with Gasteiger partial charge in [-0.15, -0.1) is 0 Å². The molecule has 0 aromatic rings. The van der Waals surface area contributed by atoms with E-state index in [1.54, 1.807) is 0 Å². The van der Waals surface area contributed by atoms with E-state index in [-0.39, 0.29) is 0 Å². The van der Waals surface area contributed by atoms with E-state index in [0.29, 0.717) is 17.4 Å². The van der Waals surface area contributed by atoms with Crippen molar-refractivity contribution in [2.45, 2.75) is 59.4 Å². The Morgan fingerprint density at radius 1 is 1.39 bits per heavy atom. The Morgan fingerprint density at radius 2 is 2.17 bits per heavy atom. The van der Waals surface area contributed by atoms with Crippen LogP contribution >= 0.6 is 0 Å². The van der Waals surface area contributed by atoms with Crippen LogP contribution in [0.2, 0.25) is 0 Å². The zero-order valence-corrected chi connectivity index (χ0v) is 15.8. The summed E-state index contributed by atoms with van der Waals surface area (Å²) < 4.78 is 11.1. The standard InChI is InChI=1S/C18H37N3O2/c1-15(7-9-18(2,3)4)21-17(19-5)20-10-6-11-22-13-16-8-12-23-14-16/h15-16H,6-14H2,1-5H3,(H2,19,20,21). The predicted octanol–water partition coefficient (Wildman–Crippen LogP) is 2.81. The van der Waals surface area contributed by atoms with Crippen molar-refractivity contribution in [1.29, 1.82) is 0 Å². The molecule has 0 bridgehead atoms. The van der Waals surface area contributed by atoms with Gasteiger partial charge in [0.05, 0.1) is 13.2 Å². The highest BCUT2D eigenvalue weighted by Crippen LogP contribution is 2.21. The minimum atomic E-state index is 0.384. The molecular weight excluding hydrogens is 290 g/mol. The first-order valence-electron chi connectivity index (χ1n) is 9.03. The molecule has 5 heteroatoms. The Kier molecular flexibility index (Phi) is 9.56. The van der Waals surface area contributed by atoms with Gasteiger partial charge in [-0.3, -0.25) is 4.99 Å². The molecule has 1 rings (SSSR count). The van der Waals surface area contributed by atoms with Crippen LogP contribution in [0, 0.1) is 11.3 Å². The van der Waals surface area contributed by atoms with Gasteiger partial charge in [-0.05, 0) is 38.0 Å². The fourth-order valence-electron chi connectivity index (χ4n) is 2.50. The number of rotatable bonds is 9. The number of nitrogens with zero attached hydrogens (tertiary/aromatic N) is 1. The van der Waals surface area contributed by atoms with E-state index in [1.165, 1.54) is 6.42 Å². The lowest BCUT2D eigenvalue weighted by molar-refractivity contribution is 0.0888. The van der Waals surface area contributed by atoms with Crippen molar-refractivity contribution in [3.05, 3.63) is 0 Å². The van der Waals surface area contributed by atoms with Gasteiger partial charge in [-0.2, -0.15) is 0 Å². The molecule has 0 aromatic carbocycles. The van der Waals surface area contributed by atoms with Crippen LogP contribution in [0.1, 0.15) is 53.4 Å². The molecule has 5 nitrogen and oxygen atoms in total. The second kappa shape index (κ2) is 10.9. The van der Waals surface area contributed by atoms with Crippen molar-refractivity contribution < 1.29 is 9.47 Å². The maximum Gasteiger partial charge on any atom is 0.191 e. The van der Waals surface area contributed by atoms with Crippen molar-refractivity contribution in [3.8, 4) is 0 Å². The first kappa shape index (κ1) is 20.2. The zero-order valence-electron chi connectivity index (χ0n) is 15.8. The Hall–Kier alpha value is -0.810. The Bertz CT molecular complexity index is 334. The summed E-state index contributed by atoms with van der Waals surface area (Å²) in [7, 11) is 1.82. The molecule has 2 atom stereocenters. The summed E-state index contributed by atoms with van der Waals surface area (Å²) in [6, 6.07) is 0.430. The minimum Gasteiger partial charge on any atom is -0.381 e. The molecule has 0 amide bonds. The van der Waals surface area contributed by atoms with Crippen LogP contribution in [0.5, 0.6) is 0 Å². The quantitative estimate of drug-likeness (QED) is 0.388. The normalized spacial score (nSPS) is 20.6. The average Bonchev–Trinajstić information content (AvgIpc) is 3.00. The van der Waals surface area contributed by atoms with Gasteiger partial charge in [0.15, 0.2) is 5.96 Å². The van der Waals surface area contributed by atoms with E-state index in [9.17, 15) is 0 Å². The lowest BCUT2D eigenvalue weighted by Gasteiger charge is -2.23. The second-order valence-electron chi connectivity index (χ2n) is 7.80.